The Labute approximate surface area is 120 Å². The fourth-order valence-corrected chi connectivity index (χ4v) is 3.76. The van der Waals surface area contributed by atoms with Crippen LogP contribution in [0.4, 0.5) is 0 Å². The fourth-order valence-electron chi connectivity index (χ4n) is 3.76. The Hall–Kier alpha value is -0.0800. The van der Waals surface area contributed by atoms with Crippen LogP contribution in [0.3, 0.4) is 0 Å². The van der Waals surface area contributed by atoms with E-state index in [9.17, 15) is 0 Å². The molecule has 2 saturated heterocycles. The van der Waals surface area contributed by atoms with Gasteiger partial charge in [0.15, 0.2) is 0 Å². The van der Waals surface area contributed by atoms with Crippen molar-refractivity contribution in [3.63, 3.8) is 0 Å². The molecule has 112 valence electrons. The summed E-state index contributed by atoms with van der Waals surface area (Å²) in [6, 6.07) is 0. The summed E-state index contributed by atoms with van der Waals surface area (Å²) in [5.74, 6) is 2.77. The molecule has 19 heavy (non-hydrogen) atoms. The monoisotopic (exact) mass is 266 g/mol. The molecule has 0 amide bonds. The van der Waals surface area contributed by atoms with Crippen LogP contribution < -0.4 is 0 Å². The second kappa shape index (κ2) is 6.13. The van der Waals surface area contributed by atoms with Gasteiger partial charge in [0.25, 0.3) is 0 Å². The second-order valence-electron chi connectivity index (χ2n) is 8.15. The standard InChI is InChI=1S/C17H34N2/c1-14(2)16-7-9-18(10-8-16)12-15-6-11-19(13-15)17(3,4)5/h14-16H,6-13H2,1-5H3/t15-/m1/s1. The third-order valence-corrected chi connectivity index (χ3v) is 5.33. The highest BCUT2D eigenvalue weighted by Gasteiger charge is 2.31. The first-order valence-corrected chi connectivity index (χ1v) is 8.33. The van der Waals surface area contributed by atoms with E-state index < -0.39 is 0 Å². The molecule has 1 atom stereocenters. The maximum Gasteiger partial charge on any atom is 0.0125 e. The van der Waals surface area contributed by atoms with Gasteiger partial charge in [0, 0.05) is 18.6 Å². The van der Waals surface area contributed by atoms with Crippen molar-refractivity contribution in [2.45, 2.75) is 59.4 Å². The van der Waals surface area contributed by atoms with Crippen molar-refractivity contribution in [1.29, 1.82) is 0 Å². The summed E-state index contributed by atoms with van der Waals surface area (Å²) in [6.45, 7) is 18.5. The summed E-state index contributed by atoms with van der Waals surface area (Å²) >= 11 is 0. The van der Waals surface area contributed by atoms with Crippen LogP contribution in [0, 0.1) is 17.8 Å². The van der Waals surface area contributed by atoms with Crippen LogP contribution in [0.2, 0.25) is 0 Å². The van der Waals surface area contributed by atoms with E-state index in [-0.39, 0.29) is 0 Å². The van der Waals surface area contributed by atoms with Crippen molar-refractivity contribution in [1.82, 2.24) is 9.80 Å². The van der Waals surface area contributed by atoms with E-state index in [0.717, 1.165) is 17.8 Å². The van der Waals surface area contributed by atoms with Crippen molar-refractivity contribution < 1.29 is 0 Å². The molecule has 0 aromatic heterocycles. The molecule has 2 nitrogen and oxygen atoms in total. The average molecular weight is 266 g/mol. The van der Waals surface area contributed by atoms with Gasteiger partial charge in [-0.1, -0.05) is 13.8 Å². The molecule has 2 heterocycles. The largest absolute Gasteiger partial charge is 0.303 e. The first kappa shape index (κ1) is 15.3. The fraction of sp³-hybridized carbons (Fsp3) is 1.00. The minimum absolute atomic E-state index is 0.361. The minimum atomic E-state index is 0.361. The zero-order valence-electron chi connectivity index (χ0n) is 13.8. The summed E-state index contributed by atoms with van der Waals surface area (Å²) in [7, 11) is 0. The van der Waals surface area contributed by atoms with Crippen molar-refractivity contribution in [2.75, 3.05) is 32.7 Å². The first-order valence-electron chi connectivity index (χ1n) is 8.33. The van der Waals surface area contributed by atoms with Crippen LogP contribution in [0.25, 0.3) is 0 Å². The summed E-state index contributed by atoms with van der Waals surface area (Å²) < 4.78 is 0. The van der Waals surface area contributed by atoms with Crippen LogP contribution in [-0.4, -0.2) is 48.1 Å². The van der Waals surface area contributed by atoms with Crippen LogP contribution in [-0.2, 0) is 0 Å². The Balaban J connectivity index is 1.72. The van der Waals surface area contributed by atoms with Gasteiger partial charge in [0.2, 0.25) is 0 Å². The lowest BCUT2D eigenvalue weighted by Gasteiger charge is -2.36. The Morgan fingerprint density at radius 3 is 2.11 bits per heavy atom. The van der Waals surface area contributed by atoms with Gasteiger partial charge >= 0.3 is 0 Å². The molecule has 2 aliphatic heterocycles. The van der Waals surface area contributed by atoms with Gasteiger partial charge in [0.05, 0.1) is 0 Å². The average Bonchev–Trinajstić information content (AvgIpc) is 2.78. The van der Waals surface area contributed by atoms with Crippen molar-refractivity contribution >= 4 is 0 Å². The molecule has 2 heteroatoms. The molecule has 0 aromatic rings. The van der Waals surface area contributed by atoms with E-state index in [2.05, 4.69) is 44.4 Å². The molecule has 2 aliphatic rings. The Morgan fingerprint density at radius 1 is 1.00 bits per heavy atom. The van der Waals surface area contributed by atoms with E-state index in [1.807, 2.05) is 0 Å². The number of rotatable bonds is 3. The molecule has 0 bridgehead atoms. The molecule has 0 spiro atoms. The van der Waals surface area contributed by atoms with Crippen LogP contribution in [0.1, 0.15) is 53.9 Å². The number of nitrogens with zero attached hydrogens (tertiary/aromatic N) is 2. The molecular formula is C17H34N2. The van der Waals surface area contributed by atoms with E-state index in [1.54, 1.807) is 0 Å². The van der Waals surface area contributed by atoms with E-state index >= 15 is 0 Å². The normalized spacial score (nSPS) is 28.4. The Kier molecular flexibility index (Phi) is 4.94. The maximum absolute atomic E-state index is 2.73. The van der Waals surface area contributed by atoms with Gasteiger partial charge in [-0.05, 0) is 77.4 Å². The quantitative estimate of drug-likeness (QED) is 0.772. The van der Waals surface area contributed by atoms with E-state index in [1.165, 1.54) is 52.0 Å². The molecule has 0 aromatic carbocycles. The first-order chi connectivity index (χ1) is 8.86. The number of piperidine rings is 1. The molecule has 0 N–H and O–H groups in total. The second-order valence-corrected chi connectivity index (χ2v) is 8.15. The summed E-state index contributed by atoms with van der Waals surface area (Å²) in [5.41, 5.74) is 0.361. The van der Waals surface area contributed by atoms with E-state index in [0.29, 0.717) is 5.54 Å². The molecular weight excluding hydrogens is 232 g/mol. The lowest BCUT2D eigenvalue weighted by atomic mass is 9.86. The Bertz CT molecular complexity index is 271. The molecule has 0 unspecified atom stereocenters. The molecule has 2 rings (SSSR count). The molecule has 0 radical (unpaired) electrons. The van der Waals surface area contributed by atoms with Crippen molar-refractivity contribution in [3.05, 3.63) is 0 Å². The lowest BCUT2D eigenvalue weighted by Crippen LogP contribution is -2.41. The molecule has 0 aliphatic carbocycles. The predicted molar refractivity (Wildman–Crippen MR) is 83.4 cm³/mol. The van der Waals surface area contributed by atoms with Gasteiger partial charge in [-0.3, -0.25) is 4.90 Å². The topological polar surface area (TPSA) is 6.48 Å². The maximum atomic E-state index is 2.73. The Morgan fingerprint density at radius 2 is 1.63 bits per heavy atom. The van der Waals surface area contributed by atoms with Crippen molar-refractivity contribution in [2.24, 2.45) is 17.8 Å². The highest BCUT2D eigenvalue weighted by Crippen LogP contribution is 2.28. The van der Waals surface area contributed by atoms with Crippen LogP contribution in [0.5, 0.6) is 0 Å². The zero-order valence-corrected chi connectivity index (χ0v) is 13.8. The minimum Gasteiger partial charge on any atom is -0.303 e. The zero-order chi connectivity index (χ0) is 14.0. The van der Waals surface area contributed by atoms with Gasteiger partial charge in [0.1, 0.15) is 0 Å². The van der Waals surface area contributed by atoms with Gasteiger partial charge < -0.3 is 4.90 Å². The summed E-state index contributed by atoms with van der Waals surface area (Å²) in [4.78, 5) is 5.40. The highest BCUT2D eigenvalue weighted by molar-refractivity contribution is 4.86. The summed E-state index contributed by atoms with van der Waals surface area (Å²) in [5, 5.41) is 0. The molecule has 2 fully saturated rings. The third-order valence-electron chi connectivity index (χ3n) is 5.33. The van der Waals surface area contributed by atoms with Gasteiger partial charge in [-0.2, -0.15) is 0 Å². The predicted octanol–water partition coefficient (Wildman–Crippen LogP) is 3.47. The SMILES string of the molecule is CC(C)C1CCN(C[C@H]2CCN(C(C)(C)C)C2)CC1. The van der Waals surface area contributed by atoms with Gasteiger partial charge in [-0.15, -0.1) is 0 Å². The molecule has 0 saturated carbocycles. The highest BCUT2D eigenvalue weighted by atomic mass is 15.2. The van der Waals surface area contributed by atoms with Gasteiger partial charge in [-0.25, -0.2) is 0 Å². The lowest BCUT2D eigenvalue weighted by molar-refractivity contribution is 0.129. The van der Waals surface area contributed by atoms with E-state index in [4.69, 9.17) is 0 Å². The van der Waals surface area contributed by atoms with Crippen LogP contribution in [0.15, 0.2) is 0 Å². The number of likely N-dealkylation sites (tertiary alicyclic amines) is 2. The third kappa shape index (κ3) is 4.19. The number of hydrogen-bond donors (Lipinski definition) is 0. The van der Waals surface area contributed by atoms with Crippen LogP contribution >= 0.6 is 0 Å². The summed E-state index contributed by atoms with van der Waals surface area (Å²) in [6.07, 6.45) is 4.25. The van der Waals surface area contributed by atoms with Crippen molar-refractivity contribution in [3.8, 4) is 0 Å². The smallest absolute Gasteiger partial charge is 0.0125 e. The number of hydrogen-bond acceptors (Lipinski definition) is 2.